The van der Waals surface area contributed by atoms with Crippen molar-refractivity contribution < 1.29 is 19.1 Å². The van der Waals surface area contributed by atoms with Crippen molar-refractivity contribution in [1.29, 1.82) is 0 Å². The quantitative estimate of drug-likeness (QED) is 0.594. The summed E-state index contributed by atoms with van der Waals surface area (Å²) in [6, 6.07) is 15.6. The van der Waals surface area contributed by atoms with E-state index in [1.165, 1.54) is 0 Å². The smallest absolute Gasteiger partial charge is 0.342 e. The minimum Gasteiger partial charge on any atom is -0.452 e. The van der Waals surface area contributed by atoms with Crippen molar-refractivity contribution in [2.24, 2.45) is 0 Å². The van der Waals surface area contributed by atoms with E-state index in [2.05, 4.69) is 5.10 Å². The number of hydrogen-bond acceptors (Lipinski definition) is 5. The fourth-order valence-electron chi connectivity index (χ4n) is 3.62. The van der Waals surface area contributed by atoms with Crippen LogP contribution in [0, 0.1) is 13.8 Å². The molecule has 0 unspecified atom stereocenters. The molecular formula is C24H25N3O4. The SMILES string of the molecule is Cc1ccc(-c2nn(-c3ccccc3)cc2C(=O)OCC(=O)N2CCOCC2)c(C)c1. The molecule has 1 aliphatic rings. The molecule has 1 aliphatic heterocycles. The van der Waals surface area contributed by atoms with Crippen LogP contribution in [0.4, 0.5) is 0 Å². The first kappa shape index (κ1) is 20.8. The summed E-state index contributed by atoms with van der Waals surface area (Å²) in [5, 5.41) is 4.68. The van der Waals surface area contributed by atoms with E-state index in [0.717, 1.165) is 22.4 Å². The van der Waals surface area contributed by atoms with Gasteiger partial charge in [-0.25, -0.2) is 9.48 Å². The molecule has 4 rings (SSSR count). The van der Waals surface area contributed by atoms with Gasteiger partial charge in [0.15, 0.2) is 6.61 Å². The Labute approximate surface area is 181 Å². The lowest BCUT2D eigenvalue weighted by Gasteiger charge is -2.26. The molecule has 0 bridgehead atoms. The number of esters is 1. The number of nitrogens with zero attached hydrogens (tertiary/aromatic N) is 3. The monoisotopic (exact) mass is 419 g/mol. The highest BCUT2D eigenvalue weighted by atomic mass is 16.5. The Morgan fingerprint density at radius 1 is 1.06 bits per heavy atom. The van der Waals surface area contributed by atoms with E-state index in [1.54, 1.807) is 15.8 Å². The number of benzene rings is 2. The molecule has 1 amide bonds. The first-order valence-electron chi connectivity index (χ1n) is 10.3. The molecule has 2 aromatic carbocycles. The summed E-state index contributed by atoms with van der Waals surface area (Å²) in [5.41, 5.74) is 4.68. The first-order valence-corrected chi connectivity index (χ1v) is 10.3. The predicted octanol–water partition coefficient (Wildman–Crippen LogP) is 3.17. The zero-order valence-electron chi connectivity index (χ0n) is 17.7. The van der Waals surface area contributed by atoms with Crippen LogP contribution in [0.1, 0.15) is 21.5 Å². The summed E-state index contributed by atoms with van der Waals surface area (Å²) in [7, 11) is 0. The molecule has 0 radical (unpaired) electrons. The van der Waals surface area contributed by atoms with Crippen molar-refractivity contribution in [2.75, 3.05) is 32.9 Å². The highest BCUT2D eigenvalue weighted by molar-refractivity contribution is 5.97. The van der Waals surface area contributed by atoms with Crippen LogP contribution in [0.2, 0.25) is 0 Å². The van der Waals surface area contributed by atoms with Gasteiger partial charge in [-0.15, -0.1) is 0 Å². The summed E-state index contributed by atoms with van der Waals surface area (Å²) in [6.45, 7) is 5.72. The average Bonchev–Trinajstić information content (AvgIpc) is 3.24. The molecule has 160 valence electrons. The van der Waals surface area contributed by atoms with Gasteiger partial charge in [0.1, 0.15) is 11.3 Å². The minimum absolute atomic E-state index is 0.222. The zero-order chi connectivity index (χ0) is 21.8. The van der Waals surface area contributed by atoms with Gasteiger partial charge in [-0.3, -0.25) is 4.79 Å². The lowest BCUT2D eigenvalue weighted by molar-refractivity contribution is -0.138. The van der Waals surface area contributed by atoms with Crippen molar-refractivity contribution in [3.05, 3.63) is 71.4 Å². The average molecular weight is 419 g/mol. The Bertz CT molecular complexity index is 1090. The van der Waals surface area contributed by atoms with E-state index in [9.17, 15) is 9.59 Å². The summed E-state index contributed by atoms with van der Waals surface area (Å²) in [6.07, 6.45) is 1.66. The van der Waals surface area contributed by atoms with Gasteiger partial charge >= 0.3 is 5.97 Å². The van der Waals surface area contributed by atoms with E-state index < -0.39 is 5.97 Å². The minimum atomic E-state index is -0.571. The van der Waals surface area contributed by atoms with Crippen molar-refractivity contribution in [2.45, 2.75) is 13.8 Å². The van der Waals surface area contributed by atoms with Crippen LogP contribution in [0.25, 0.3) is 16.9 Å². The summed E-state index contributed by atoms with van der Waals surface area (Å²) < 4.78 is 12.3. The van der Waals surface area contributed by atoms with E-state index in [-0.39, 0.29) is 12.5 Å². The normalized spacial score (nSPS) is 13.8. The number of aromatic nitrogens is 2. The highest BCUT2D eigenvalue weighted by Crippen LogP contribution is 2.28. The van der Waals surface area contributed by atoms with Crippen molar-refractivity contribution in [3.63, 3.8) is 0 Å². The van der Waals surface area contributed by atoms with Gasteiger partial charge in [0.05, 0.1) is 18.9 Å². The van der Waals surface area contributed by atoms with Crippen molar-refractivity contribution >= 4 is 11.9 Å². The second-order valence-electron chi connectivity index (χ2n) is 7.56. The predicted molar refractivity (Wildman–Crippen MR) is 116 cm³/mol. The number of rotatable bonds is 5. The van der Waals surface area contributed by atoms with Gasteiger partial charge in [0.2, 0.25) is 0 Å². The van der Waals surface area contributed by atoms with Crippen LogP contribution in [-0.2, 0) is 14.3 Å². The Kier molecular flexibility index (Phi) is 6.13. The van der Waals surface area contributed by atoms with Gasteiger partial charge in [0, 0.05) is 24.8 Å². The number of morpholine rings is 1. The topological polar surface area (TPSA) is 73.7 Å². The number of carbonyl (C=O) groups excluding carboxylic acids is 2. The summed E-state index contributed by atoms with van der Waals surface area (Å²) in [4.78, 5) is 27.0. The molecule has 2 heterocycles. The largest absolute Gasteiger partial charge is 0.452 e. The lowest BCUT2D eigenvalue weighted by atomic mass is 10.0. The maximum absolute atomic E-state index is 13.0. The molecule has 3 aromatic rings. The van der Waals surface area contributed by atoms with E-state index >= 15 is 0 Å². The Balaban J connectivity index is 1.62. The fourth-order valence-corrected chi connectivity index (χ4v) is 3.62. The number of amides is 1. The number of para-hydroxylation sites is 1. The Hall–Kier alpha value is -3.45. The van der Waals surface area contributed by atoms with Gasteiger partial charge < -0.3 is 14.4 Å². The van der Waals surface area contributed by atoms with E-state index in [0.29, 0.717) is 37.6 Å². The van der Waals surface area contributed by atoms with Gasteiger partial charge in [-0.05, 0) is 31.5 Å². The van der Waals surface area contributed by atoms with Crippen LogP contribution in [0.5, 0.6) is 0 Å². The number of hydrogen-bond donors (Lipinski definition) is 0. The maximum atomic E-state index is 13.0. The molecule has 0 atom stereocenters. The third kappa shape index (κ3) is 4.67. The Morgan fingerprint density at radius 3 is 2.52 bits per heavy atom. The number of aryl methyl sites for hydroxylation is 2. The van der Waals surface area contributed by atoms with Crippen LogP contribution >= 0.6 is 0 Å². The number of carbonyl (C=O) groups is 2. The van der Waals surface area contributed by atoms with Crippen molar-refractivity contribution in [3.8, 4) is 16.9 Å². The Morgan fingerprint density at radius 2 is 1.81 bits per heavy atom. The molecule has 1 aromatic heterocycles. The second kappa shape index (κ2) is 9.14. The van der Waals surface area contributed by atoms with E-state index in [1.807, 2.05) is 62.4 Å². The third-order valence-electron chi connectivity index (χ3n) is 5.28. The maximum Gasteiger partial charge on any atom is 0.342 e. The molecular weight excluding hydrogens is 394 g/mol. The van der Waals surface area contributed by atoms with Gasteiger partial charge in [-0.2, -0.15) is 5.10 Å². The summed E-state index contributed by atoms with van der Waals surface area (Å²) >= 11 is 0. The first-order chi connectivity index (χ1) is 15.0. The fraction of sp³-hybridized carbons (Fsp3) is 0.292. The molecule has 7 nitrogen and oxygen atoms in total. The lowest BCUT2D eigenvalue weighted by Crippen LogP contribution is -2.42. The standard InChI is InChI=1S/C24H25N3O4/c1-17-8-9-20(18(2)14-17)23-21(15-27(25-23)19-6-4-3-5-7-19)24(29)31-16-22(28)26-10-12-30-13-11-26/h3-9,14-15H,10-13,16H2,1-2H3. The molecule has 0 saturated carbocycles. The molecule has 0 N–H and O–H groups in total. The highest BCUT2D eigenvalue weighted by Gasteiger charge is 2.23. The van der Waals surface area contributed by atoms with E-state index in [4.69, 9.17) is 9.47 Å². The molecule has 31 heavy (non-hydrogen) atoms. The molecule has 0 aliphatic carbocycles. The zero-order valence-corrected chi connectivity index (χ0v) is 17.7. The molecule has 0 spiro atoms. The second-order valence-corrected chi connectivity index (χ2v) is 7.56. The summed E-state index contributed by atoms with van der Waals surface area (Å²) in [5.74, 6) is -0.793. The molecule has 1 saturated heterocycles. The molecule has 1 fully saturated rings. The van der Waals surface area contributed by atoms with Crippen molar-refractivity contribution in [1.82, 2.24) is 14.7 Å². The van der Waals surface area contributed by atoms with Crippen LogP contribution < -0.4 is 0 Å². The van der Waals surface area contributed by atoms with Gasteiger partial charge in [0.25, 0.3) is 5.91 Å². The van der Waals surface area contributed by atoms with Crippen LogP contribution in [0.15, 0.2) is 54.7 Å². The molecule has 7 heteroatoms. The number of ether oxygens (including phenoxy) is 2. The van der Waals surface area contributed by atoms with Crippen LogP contribution in [0.3, 0.4) is 0 Å². The third-order valence-corrected chi connectivity index (χ3v) is 5.28. The van der Waals surface area contributed by atoms with Gasteiger partial charge in [-0.1, -0.05) is 42.0 Å². The van der Waals surface area contributed by atoms with Crippen LogP contribution in [-0.4, -0.2) is 59.5 Å².